The third-order valence-electron chi connectivity index (χ3n) is 5.78. The van der Waals surface area contributed by atoms with Gasteiger partial charge in [-0.25, -0.2) is 8.42 Å². The molecule has 3 aromatic rings. The average Bonchev–Trinajstić information content (AvgIpc) is 2.82. The summed E-state index contributed by atoms with van der Waals surface area (Å²) in [5.74, 6) is 0.229. The van der Waals surface area contributed by atoms with Gasteiger partial charge in [-0.15, -0.1) is 13.2 Å². The summed E-state index contributed by atoms with van der Waals surface area (Å²) in [6, 6.07) is 16.6. The van der Waals surface area contributed by atoms with E-state index < -0.39 is 28.2 Å². The van der Waals surface area contributed by atoms with E-state index in [1.165, 1.54) is 36.7 Å². The predicted octanol–water partition coefficient (Wildman–Crippen LogP) is 5.08. The first-order valence-corrected chi connectivity index (χ1v) is 12.4. The summed E-state index contributed by atoms with van der Waals surface area (Å²) in [6.07, 6.45) is -4.50. The maximum Gasteiger partial charge on any atom is 0.573 e. The Bertz CT molecular complexity index is 1280. The molecule has 0 aliphatic carbocycles. The van der Waals surface area contributed by atoms with E-state index in [0.29, 0.717) is 34.6 Å². The molecular formula is C25H24F3NO5S. The van der Waals surface area contributed by atoms with Crippen LogP contribution in [-0.4, -0.2) is 39.8 Å². The third-order valence-corrected chi connectivity index (χ3v) is 7.58. The zero-order valence-corrected chi connectivity index (χ0v) is 19.9. The number of fused-ring (bicyclic) bond motifs is 1. The fourth-order valence-corrected chi connectivity index (χ4v) is 6.04. The van der Waals surface area contributed by atoms with Crippen LogP contribution in [0.15, 0.2) is 66.7 Å². The van der Waals surface area contributed by atoms with Crippen molar-refractivity contribution in [1.82, 2.24) is 4.31 Å². The Morgan fingerprint density at radius 2 is 1.69 bits per heavy atom. The van der Waals surface area contributed by atoms with Gasteiger partial charge in [0, 0.05) is 18.2 Å². The Morgan fingerprint density at radius 3 is 2.34 bits per heavy atom. The number of hydrogen-bond acceptors (Lipinski definition) is 5. The van der Waals surface area contributed by atoms with Crippen molar-refractivity contribution in [2.24, 2.45) is 0 Å². The van der Waals surface area contributed by atoms with Crippen LogP contribution in [0.2, 0.25) is 0 Å². The Hall–Kier alpha value is -3.24. The highest BCUT2D eigenvalue weighted by atomic mass is 32.2. The van der Waals surface area contributed by atoms with E-state index in [-0.39, 0.29) is 12.3 Å². The van der Waals surface area contributed by atoms with Gasteiger partial charge in [-0.05, 0) is 41.3 Å². The summed E-state index contributed by atoms with van der Waals surface area (Å²) >= 11 is 0. The van der Waals surface area contributed by atoms with Crippen LogP contribution >= 0.6 is 0 Å². The molecule has 0 amide bonds. The van der Waals surface area contributed by atoms with E-state index in [9.17, 15) is 21.6 Å². The molecule has 1 aliphatic heterocycles. The van der Waals surface area contributed by atoms with Crippen molar-refractivity contribution in [1.29, 1.82) is 0 Å². The fourth-order valence-electron chi connectivity index (χ4n) is 4.35. The zero-order chi connectivity index (χ0) is 25.2. The van der Waals surface area contributed by atoms with Gasteiger partial charge in [-0.2, -0.15) is 4.31 Å². The molecule has 0 N–H and O–H groups in total. The summed E-state index contributed by atoms with van der Waals surface area (Å²) in [7, 11) is -0.920. The number of hydrogen-bond donors (Lipinski definition) is 0. The lowest BCUT2D eigenvalue weighted by atomic mass is 9.88. The molecule has 0 saturated carbocycles. The van der Waals surface area contributed by atoms with Crippen molar-refractivity contribution < 1.29 is 35.8 Å². The van der Waals surface area contributed by atoms with E-state index in [2.05, 4.69) is 4.74 Å². The van der Waals surface area contributed by atoms with Crippen LogP contribution in [0.5, 0.6) is 17.2 Å². The van der Waals surface area contributed by atoms with Crippen molar-refractivity contribution in [3.05, 3.63) is 89.0 Å². The van der Waals surface area contributed by atoms with Gasteiger partial charge >= 0.3 is 6.36 Å². The second kappa shape index (κ2) is 9.79. The van der Waals surface area contributed by atoms with E-state index in [1.807, 2.05) is 0 Å². The fraction of sp³-hybridized carbons (Fsp3) is 0.280. The van der Waals surface area contributed by atoms with Gasteiger partial charge in [0.25, 0.3) is 0 Å². The number of rotatable bonds is 7. The number of alkyl halides is 3. The second-order valence-electron chi connectivity index (χ2n) is 8.03. The van der Waals surface area contributed by atoms with Crippen LogP contribution in [0, 0.1) is 0 Å². The number of methoxy groups -OCH3 is 2. The van der Waals surface area contributed by atoms with Crippen molar-refractivity contribution in [2.45, 2.75) is 24.6 Å². The number of benzene rings is 3. The van der Waals surface area contributed by atoms with Gasteiger partial charge in [0.15, 0.2) is 0 Å². The molecule has 4 rings (SSSR count). The van der Waals surface area contributed by atoms with Crippen LogP contribution in [-0.2, 0) is 22.2 Å². The van der Waals surface area contributed by atoms with Crippen molar-refractivity contribution in [3.8, 4) is 17.2 Å². The standard InChI is InChI=1S/C25H24F3NO5S/c1-32-21-13-18-11-12-29(35(30,31)16-17-7-4-3-5-8-17)24(23(18)22(15-21)33-2)19-9-6-10-20(14-19)34-25(26,27)28/h3-10,13-15,24H,11-12,16H2,1-2H3. The topological polar surface area (TPSA) is 65.1 Å². The van der Waals surface area contributed by atoms with Crippen LogP contribution in [0.1, 0.15) is 28.3 Å². The first kappa shape index (κ1) is 24.9. The maximum absolute atomic E-state index is 13.6. The molecule has 1 unspecified atom stereocenters. The van der Waals surface area contributed by atoms with Crippen LogP contribution in [0.25, 0.3) is 0 Å². The highest BCUT2D eigenvalue weighted by Crippen LogP contribution is 2.45. The Labute approximate surface area is 201 Å². The molecule has 1 heterocycles. The summed E-state index contributed by atoms with van der Waals surface area (Å²) < 4.78 is 82.3. The Morgan fingerprint density at radius 1 is 0.943 bits per heavy atom. The van der Waals surface area contributed by atoms with E-state index in [1.54, 1.807) is 48.5 Å². The van der Waals surface area contributed by atoms with Crippen LogP contribution in [0.4, 0.5) is 13.2 Å². The lowest BCUT2D eigenvalue weighted by Crippen LogP contribution is -2.41. The van der Waals surface area contributed by atoms with E-state index in [4.69, 9.17) is 9.47 Å². The van der Waals surface area contributed by atoms with Gasteiger partial charge in [0.1, 0.15) is 17.2 Å². The van der Waals surface area contributed by atoms with Gasteiger partial charge < -0.3 is 14.2 Å². The largest absolute Gasteiger partial charge is 0.573 e. The Kier molecular flexibility index (Phi) is 6.95. The molecule has 0 fully saturated rings. The summed E-state index contributed by atoms with van der Waals surface area (Å²) in [6.45, 7) is 0.132. The molecule has 10 heteroatoms. The molecule has 0 radical (unpaired) electrons. The number of halogens is 3. The summed E-state index contributed by atoms with van der Waals surface area (Å²) in [5.41, 5.74) is 2.28. The molecule has 0 bridgehead atoms. The molecule has 0 aromatic heterocycles. The molecule has 0 saturated heterocycles. The SMILES string of the molecule is COc1cc2c(c(OC)c1)C(c1cccc(OC(F)(F)F)c1)N(S(=O)(=O)Cc1ccccc1)CC2. The van der Waals surface area contributed by atoms with Crippen LogP contribution in [0.3, 0.4) is 0 Å². The second-order valence-corrected chi connectivity index (χ2v) is 9.95. The van der Waals surface area contributed by atoms with Crippen molar-refractivity contribution >= 4 is 10.0 Å². The molecule has 186 valence electrons. The van der Waals surface area contributed by atoms with Crippen LogP contribution < -0.4 is 14.2 Å². The minimum atomic E-state index is -4.88. The highest BCUT2D eigenvalue weighted by molar-refractivity contribution is 7.88. The Balaban J connectivity index is 1.86. The first-order valence-electron chi connectivity index (χ1n) is 10.8. The molecule has 0 spiro atoms. The van der Waals surface area contributed by atoms with E-state index in [0.717, 1.165) is 5.56 Å². The highest BCUT2D eigenvalue weighted by Gasteiger charge is 2.39. The summed E-state index contributed by atoms with van der Waals surface area (Å²) in [5, 5.41) is 0. The number of nitrogens with zero attached hydrogens (tertiary/aromatic N) is 1. The smallest absolute Gasteiger partial charge is 0.497 e. The van der Waals surface area contributed by atoms with Gasteiger partial charge in [0.05, 0.1) is 26.0 Å². The maximum atomic E-state index is 13.6. The first-order chi connectivity index (χ1) is 16.6. The van der Waals surface area contributed by atoms with Crippen molar-refractivity contribution in [3.63, 3.8) is 0 Å². The molecular weight excluding hydrogens is 483 g/mol. The third kappa shape index (κ3) is 5.54. The number of sulfonamides is 1. The molecule has 1 atom stereocenters. The lowest BCUT2D eigenvalue weighted by Gasteiger charge is -2.38. The average molecular weight is 508 g/mol. The molecule has 6 nitrogen and oxygen atoms in total. The predicted molar refractivity (Wildman–Crippen MR) is 124 cm³/mol. The molecule has 3 aromatic carbocycles. The molecule has 35 heavy (non-hydrogen) atoms. The van der Waals surface area contributed by atoms with Crippen molar-refractivity contribution in [2.75, 3.05) is 20.8 Å². The number of ether oxygens (including phenoxy) is 3. The minimum Gasteiger partial charge on any atom is -0.497 e. The van der Waals surface area contributed by atoms with Gasteiger partial charge in [-0.3, -0.25) is 0 Å². The lowest BCUT2D eigenvalue weighted by molar-refractivity contribution is -0.274. The van der Waals surface area contributed by atoms with E-state index >= 15 is 0 Å². The summed E-state index contributed by atoms with van der Waals surface area (Å²) in [4.78, 5) is 0. The monoisotopic (exact) mass is 507 g/mol. The van der Waals surface area contributed by atoms with Gasteiger partial charge in [0.2, 0.25) is 10.0 Å². The van der Waals surface area contributed by atoms with Gasteiger partial charge in [-0.1, -0.05) is 42.5 Å². The zero-order valence-electron chi connectivity index (χ0n) is 19.1. The minimum absolute atomic E-state index is 0.132. The quantitative estimate of drug-likeness (QED) is 0.446. The normalized spacial score (nSPS) is 16.4. The molecule has 1 aliphatic rings.